The van der Waals surface area contributed by atoms with E-state index in [1.54, 1.807) is 12.1 Å². The molecule has 19 heavy (non-hydrogen) atoms. The topological polar surface area (TPSA) is 45.2 Å². The Labute approximate surface area is 119 Å². The Hall–Kier alpha value is -1.29. The van der Waals surface area contributed by atoms with Crippen LogP contribution in [0.1, 0.15) is 43.6 Å². The summed E-state index contributed by atoms with van der Waals surface area (Å²) in [6.07, 6.45) is 3.29. The third-order valence-corrected chi connectivity index (χ3v) is 3.78. The normalized spacial score (nSPS) is 19.3. The molecule has 0 aromatic carbocycles. The number of piperidine rings is 1. The molecule has 0 radical (unpaired) electrons. The fraction of sp³-hybridized carbons (Fsp3) is 0.571. The molecule has 1 amide bonds. The fourth-order valence-electron chi connectivity index (χ4n) is 2.41. The van der Waals surface area contributed by atoms with E-state index in [4.69, 9.17) is 11.6 Å². The van der Waals surface area contributed by atoms with Gasteiger partial charge in [-0.25, -0.2) is 4.98 Å². The number of amides is 1. The lowest BCUT2D eigenvalue weighted by atomic mass is 10.0. The monoisotopic (exact) mass is 281 g/mol. The number of likely N-dealkylation sites (tertiary alicyclic amines) is 1. The lowest BCUT2D eigenvalue weighted by Gasteiger charge is -2.33. The highest BCUT2D eigenvalue weighted by atomic mass is 35.5. The zero-order valence-corrected chi connectivity index (χ0v) is 12.2. The molecular formula is C14H20ClN3O. The number of hydrogen-bond donors (Lipinski definition) is 1. The van der Waals surface area contributed by atoms with Crippen molar-refractivity contribution in [1.82, 2.24) is 9.88 Å². The van der Waals surface area contributed by atoms with Crippen LogP contribution in [-0.4, -0.2) is 34.9 Å². The molecule has 1 fully saturated rings. The number of carbonyl (C=O) groups is 1. The highest BCUT2D eigenvalue weighted by molar-refractivity contribution is 6.33. The van der Waals surface area contributed by atoms with Crippen molar-refractivity contribution in [2.75, 3.05) is 18.4 Å². The highest BCUT2D eigenvalue weighted by Crippen LogP contribution is 2.23. The second-order valence-corrected chi connectivity index (χ2v) is 5.31. The number of nitrogens with zero attached hydrogens (tertiary/aromatic N) is 2. The van der Waals surface area contributed by atoms with Crippen LogP contribution in [0.4, 0.5) is 5.82 Å². The molecule has 4 nitrogen and oxygen atoms in total. The highest BCUT2D eigenvalue weighted by Gasteiger charge is 2.26. The van der Waals surface area contributed by atoms with Crippen LogP contribution in [-0.2, 0) is 0 Å². The van der Waals surface area contributed by atoms with E-state index in [0.29, 0.717) is 16.5 Å². The Balaban J connectivity index is 2.24. The molecule has 1 N–H and O–H groups in total. The third-order valence-electron chi connectivity index (χ3n) is 3.47. The molecule has 5 heteroatoms. The van der Waals surface area contributed by atoms with E-state index < -0.39 is 0 Å². The van der Waals surface area contributed by atoms with Gasteiger partial charge in [-0.1, -0.05) is 11.6 Å². The number of pyridine rings is 1. The molecule has 2 heterocycles. The van der Waals surface area contributed by atoms with E-state index in [9.17, 15) is 4.79 Å². The number of anilines is 1. The zero-order chi connectivity index (χ0) is 13.8. The van der Waals surface area contributed by atoms with Crippen LogP contribution in [0.15, 0.2) is 12.1 Å². The van der Waals surface area contributed by atoms with E-state index in [-0.39, 0.29) is 11.9 Å². The summed E-state index contributed by atoms with van der Waals surface area (Å²) in [5.41, 5.74) is 0.355. The maximum atomic E-state index is 12.5. The van der Waals surface area contributed by atoms with Crippen molar-refractivity contribution in [3.8, 4) is 0 Å². The number of halogens is 1. The molecule has 0 spiro atoms. The molecule has 0 aliphatic carbocycles. The Morgan fingerprint density at radius 3 is 3.00 bits per heavy atom. The van der Waals surface area contributed by atoms with Gasteiger partial charge in [0, 0.05) is 19.1 Å². The zero-order valence-electron chi connectivity index (χ0n) is 11.4. The average Bonchev–Trinajstić information content (AvgIpc) is 2.41. The lowest BCUT2D eigenvalue weighted by molar-refractivity contribution is 0.0630. The third kappa shape index (κ3) is 3.18. The molecule has 1 aliphatic rings. The van der Waals surface area contributed by atoms with Crippen molar-refractivity contribution in [3.05, 3.63) is 22.8 Å². The second kappa shape index (κ2) is 6.24. The minimum Gasteiger partial charge on any atom is -0.370 e. The molecular weight excluding hydrogens is 262 g/mol. The van der Waals surface area contributed by atoms with Crippen LogP contribution in [0.25, 0.3) is 0 Å². The van der Waals surface area contributed by atoms with Crippen LogP contribution in [0.3, 0.4) is 0 Å². The maximum Gasteiger partial charge on any atom is 0.274 e. The smallest absolute Gasteiger partial charge is 0.274 e. The summed E-state index contributed by atoms with van der Waals surface area (Å²) in [6, 6.07) is 3.79. The second-order valence-electron chi connectivity index (χ2n) is 4.90. The number of rotatable bonds is 3. The Bertz CT molecular complexity index is 464. The van der Waals surface area contributed by atoms with E-state index >= 15 is 0 Å². The summed E-state index contributed by atoms with van der Waals surface area (Å²) in [6.45, 7) is 5.63. The fourth-order valence-corrected chi connectivity index (χ4v) is 2.59. The first kappa shape index (κ1) is 14.1. The summed E-state index contributed by atoms with van der Waals surface area (Å²) in [4.78, 5) is 18.8. The van der Waals surface area contributed by atoms with Gasteiger partial charge in [-0.05, 0) is 45.2 Å². The van der Waals surface area contributed by atoms with Crippen LogP contribution < -0.4 is 5.32 Å². The van der Waals surface area contributed by atoms with Gasteiger partial charge < -0.3 is 10.2 Å². The van der Waals surface area contributed by atoms with Crippen molar-refractivity contribution in [2.24, 2.45) is 0 Å². The standard InChI is InChI=1S/C14H20ClN3O/c1-3-16-12-8-7-11(15)13(17-12)14(19)18-9-5-4-6-10(18)2/h7-8,10H,3-6,9H2,1-2H3,(H,16,17). The lowest BCUT2D eigenvalue weighted by Crippen LogP contribution is -2.42. The summed E-state index contributed by atoms with van der Waals surface area (Å²) < 4.78 is 0. The molecule has 1 unspecified atom stereocenters. The van der Waals surface area contributed by atoms with Crippen molar-refractivity contribution < 1.29 is 4.79 Å². The van der Waals surface area contributed by atoms with E-state index in [1.165, 1.54) is 6.42 Å². The van der Waals surface area contributed by atoms with Crippen molar-refractivity contribution in [1.29, 1.82) is 0 Å². The molecule has 0 saturated carbocycles. The molecule has 1 aromatic rings. The Kier molecular flexibility index (Phi) is 4.64. The summed E-state index contributed by atoms with van der Waals surface area (Å²) in [5, 5.41) is 3.52. The van der Waals surface area contributed by atoms with Crippen LogP contribution in [0, 0.1) is 0 Å². The molecule has 104 valence electrons. The number of carbonyl (C=O) groups excluding carboxylic acids is 1. The number of hydrogen-bond acceptors (Lipinski definition) is 3. The molecule has 1 aromatic heterocycles. The van der Waals surface area contributed by atoms with Gasteiger partial charge in [-0.2, -0.15) is 0 Å². The molecule has 1 saturated heterocycles. The first-order chi connectivity index (χ1) is 9.13. The maximum absolute atomic E-state index is 12.5. The van der Waals surface area contributed by atoms with E-state index in [1.807, 2.05) is 11.8 Å². The number of aromatic nitrogens is 1. The van der Waals surface area contributed by atoms with Gasteiger partial charge in [0.1, 0.15) is 11.5 Å². The average molecular weight is 282 g/mol. The molecule has 0 bridgehead atoms. The van der Waals surface area contributed by atoms with Crippen LogP contribution in [0.2, 0.25) is 5.02 Å². The van der Waals surface area contributed by atoms with Gasteiger partial charge in [-0.15, -0.1) is 0 Å². The van der Waals surface area contributed by atoms with Gasteiger partial charge in [0.2, 0.25) is 0 Å². The minimum absolute atomic E-state index is 0.0584. The van der Waals surface area contributed by atoms with Crippen LogP contribution >= 0.6 is 11.6 Å². The van der Waals surface area contributed by atoms with Crippen molar-refractivity contribution in [2.45, 2.75) is 39.2 Å². The van der Waals surface area contributed by atoms with Crippen molar-refractivity contribution in [3.63, 3.8) is 0 Å². The minimum atomic E-state index is -0.0584. The van der Waals surface area contributed by atoms with E-state index in [0.717, 1.165) is 25.9 Å². The van der Waals surface area contributed by atoms with Gasteiger partial charge >= 0.3 is 0 Å². The van der Waals surface area contributed by atoms with Crippen molar-refractivity contribution >= 4 is 23.3 Å². The summed E-state index contributed by atoms with van der Waals surface area (Å²) in [5.74, 6) is 0.636. The first-order valence-electron chi connectivity index (χ1n) is 6.85. The Morgan fingerprint density at radius 2 is 2.32 bits per heavy atom. The predicted molar refractivity (Wildman–Crippen MR) is 77.8 cm³/mol. The van der Waals surface area contributed by atoms with Crippen LogP contribution in [0.5, 0.6) is 0 Å². The predicted octanol–water partition coefficient (Wildman–Crippen LogP) is 3.18. The van der Waals surface area contributed by atoms with Gasteiger partial charge in [0.25, 0.3) is 5.91 Å². The van der Waals surface area contributed by atoms with Gasteiger partial charge in [0.15, 0.2) is 0 Å². The summed E-state index contributed by atoms with van der Waals surface area (Å²) in [7, 11) is 0. The van der Waals surface area contributed by atoms with Gasteiger partial charge in [-0.3, -0.25) is 4.79 Å². The largest absolute Gasteiger partial charge is 0.370 e. The SMILES string of the molecule is CCNc1ccc(Cl)c(C(=O)N2CCCCC2C)n1. The molecule has 1 aliphatic heterocycles. The van der Waals surface area contributed by atoms with Gasteiger partial charge in [0.05, 0.1) is 5.02 Å². The molecule has 1 atom stereocenters. The first-order valence-corrected chi connectivity index (χ1v) is 7.22. The quantitative estimate of drug-likeness (QED) is 0.925. The number of nitrogens with one attached hydrogen (secondary N) is 1. The molecule has 2 rings (SSSR count). The Morgan fingerprint density at radius 1 is 1.53 bits per heavy atom. The van der Waals surface area contributed by atoms with E-state index in [2.05, 4.69) is 17.2 Å². The summed E-state index contributed by atoms with van der Waals surface area (Å²) >= 11 is 6.12.